The Kier molecular flexibility index (Phi) is 5.58. The van der Waals surface area contributed by atoms with Gasteiger partial charge >= 0.3 is 0 Å². The maximum atomic E-state index is 8.39. The first kappa shape index (κ1) is 12.7. The first-order valence-electron chi connectivity index (χ1n) is 5.87. The number of nitrogens with zero attached hydrogens (tertiary/aromatic N) is 3. The Hall–Kier alpha value is -1.34. The predicted octanol–water partition coefficient (Wildman–Crippen LogP) is 1.77. The summed E-state index contributed by atoms with van der Waals surface area (Å²) in [6.07, 6.45) is 5.76. The van der Waals surface area contributed by atoms with Crippen LogP contribution in [0.5, 0.6) is 0 Å². The van der Waals surface area contributed by atoms with Crippen molar-refractivity contribution < 1.29 is 0 Å². The van der Waals surface area contributed by atoms with Crippen LogP contribution in [0.1, 0.15) is 37.4 Å². The van der Waals surface area contributed by atoms with Gasteiger partial charge in [0.15, 0.2) is 0 Å². The highest BCUT2D eigenvalue weighted by Gasteiger charge is 2.04. The van der Waals surface area contributed by atoms with Crippen LogP contribution in [0.3, 0.4) is 0 Å². The van der Waals surface area contributed by atoms with Gasteiger partial charge in [-0.25, -0.2) is 0 Å². The Labute approximate surface area is 97.3 Å². The molecular weight excluding hydrogens is 200 g/mol. The molecule has 1 aromatic heterocycles. The van der Waals surface area contributed by atoms with Crippen molar-refractivity contribution in [3.05, 3.63) is 17.5 Å². The molecule has 16 heavy (non-hydrogen) atoms. The number of nitriles is 1. The third kappa shape index (κ3) is 4.03. The van der Waals surface area contributed by atoms with E-state index >= 15 is 0 Å². The molecule has 0 saturated carbocycles. The molecule has 4 heteroatoms. The monoisotopic (exact) mass is 220 g/mol. The van der Waals surface area contributed by atoms with Gasteiger partial charge in [-0.05, 0) is 25.8 Å². The van der Waals surface area contributed by atoms with E-state index in [4.69, 9.17) is 5.26 Å². The Balaban J connectivity index is 2.24. The van der Waals surface area contributed by atoms with Crippen molar-refractivity contribution in [3.8, 4) is 6.07 Å². The molecule has 0 amide bonds. The normalized spacial score (nSPS) is 10.3. The van der Waals surface area contributed by atoms with Gasteiger partial charge < -0.3 is 5.32 Å². The van der Waals surface area contributed by atoms with Crippen LogP contribution in [0.4, 0.5) is 0 Å². The zero-order valence-corrected chi connectivity index (χ0v) is 10.2. The summed E-state index contributed by atoms with van der Waals surface area (Å²) < 4.78 is 1.87. The number of unbranched alkanes of at least 4 members (excludes halogenated alkanes) is 2. The van der Waals surface area contributed by atoms with Crippen LogP contribution in [0.25, 0.3) is 0 Å². The van der Waals surface area contributed by atoms with Crippen LogP contribution in [-0.4, -0.2) is 16.3 Å². The summed E-state index contributed by atoms with van der Waals surface area (Å²) in [5.74, 6) is 0. The molecule has 0 spiro atoms. The van der Waals surface area contributed by atoms with Crippen molar-refractivity contribution in [2.75, 3.05) is 6.54 Å². The van der Waals surface area contributed by atoms with E-state index in [1.54, 1.807) is 0 Å². The Morgan fingerprint density at radius 3 is 3.00 bits per heavy atom. The second-order valence-corrected chi connectivity index (χ2v) is 3.92. The molecule has 0 aromatic carbocycles. The average molecular weight is 220 g/mol. The third-order valence-corrected chi connectivity index (χ3v) is 2.53. The Morgan fingerprint density at radius 1 is 1.50 bits per heavy atom. The summed E-state index contributed by atoms with van der Waals surface area (Å²) >= 11 is 0. The van der Waals surface area contributed by atoms with Gasteiger partial charge in [-0.15, -0.1) is 0 Å². The SMILES string of the molecule is CCc1nn(C)cc1CNCCCCC#N. The molecule has 88 valence electrons. The molecule has 0 atom stereocenters. The lowest BCUT2D eigenvalue weighted by atomic mass is 10.2. The van der Waals surface area contributed by atoms with E-state index in [1.807, 2.05) is 11.7 Å². The fourth-order valence-corrected chi connectivity index (χ4v) is 1.71. The quantitative estimate of drug-likeness (QED) is 0.712. The van der Waals surface area contributed by atoms with E-state index in [2.05, 4.69) is 29.6 Å². The lowest BCUT2D eigenvalue weighted by Gasteiger charge is -2.03. The highest BCUT2D eigenvalue weighted by atomic mass is 15.3. The summed E-state index contributed by atoms with van der Waals surface area (Å²) in [5.41, 5.74) is 2.46. The van der Waals surface area contributed by atoms with Crippen LogP contribution in [0, 0.1) is 11.3 Å². The van der Waals surface area contributed by atoms with Gasteiger partial charge in [0.25, 0.3) is 0 Å². The fourth-order valence-electron chi connectivity index (χ4n) is 1.71. The fraction of sp³-hybridized carbons (Fsp3) is 0.667. The van der Waals surface area contributed by atoms with Crippen LogP contribution in [0.15, 0.2) is 6.20 Å². The van der Waals surface area contributed by atoms with Crippen LogP contribution < -0.4 is 5.32 Å². The second kappa shape index (κ2) is 7.02. The first-order chi connectivity index (χ1) is 7.77. The zero-order chi connectivity index (χ0) is 11.8. The molecule has 0 aliphatic carbocycles. The van der Waals surface area contributed by atoms with Crippen molar-refractivity contribution in [2.24, 2.45) is 7.05 Å². The number of hydrogen-bond donors (Lipinski definition) is 1. The van der Waals surface area contributed by atoms with Crippen LogP contribution >= 0.6 is 0 Å². The maximum Gasteiger partial charge on any atom is 0.0666 e. The molecule has 1 N–H and O–H groups in total. The molecule has 0 radical (unpaired) electrons. The number of nitrogens with one attached hydrogen (secondary N) is 1. The molecule has 0 unspecified atom stereocenters. The topological polar surface area (TPSA) is 53.6 Å². The second-order valence-electron chi connectivity index (χ2n) is 3.92. The number of aryl methyl sites for hydroxylation is 2. The minimum Gasteiger partial charge on any atom is -0.313 e. The van der Waals surface area contributed by atoms with Gasteiger partial charge in [-0.1, -0.05) is 6.92 Å². The largest absolute Gasteiger partial charge is 0.313 e. The number of rotatable bonds is 7. The van der Waals surface area contributed by atoms with E-state index in [1.165, 1.54) is 11.3 Å². The van der Waals surface area contributed by atoms with Crippen LogP contribution in [0.2, 0.25) is 0 Å². The van der Waals surface area contributed by atoms with E-state index < -0.39 is 0 Å². The van der Waals surface area contributed by atoms with Crippen molar-refractivity contribution in [3.63, 3.8) is 0 Å². The van der Waals surface area contributed by atoms with Crippen molar-refractivity contribution in [2.45, 2.75) is 39.2 Å². The van der Waals surface area contributed by atoms with Crippen molar-refractivity contribution >= 4 is 0 Å². The van der Waals surface area contributed by atoms with Crippen molar-refractivity contribution in [1.82, 2.24) is 15.1 Å². The molecule has 0 bridgehead atoms. The van der Waals surface area contributed by atoms with Gasteiger partial charge in [0.2, 0.25) is 0 Å². The minimum atomic E-state index is 0.661. The van der Waals surface area contributed by atoms with E-state index in [0.717, 1.165) is 32.4 Å². The van der Waals surface area contributed by atoms with E-state index in [0.29, 0.717) is 6.42 Å². The summed E-state index contributed by atoms with van der Waals surface area (Å²) in [7, 11) is 1.95. The lowest BCUT2D eigenvalue weighted by molar-refractivity contribution is 0.626. The Bertz CT molecular complexity index is 348. The zero-order valence-electron chi connectivity index (χ0n) is 10.2. The smallest absolute Gasteiger partial charge is 0.0666 e. The Morgan fingerprint density at radius 2 is 2.31 bits per heavy atom. The summed E-state index contributed by atoms with van der Waals surface area (Å²) in [4.78, 5) is 0. The van der Waals surface area contributed by atoms with Gasteiger partial charge in [-0.3, -0.25) is 4.68 Å². The van der Waals surface area contributed by atoms with Gasteiger partial charge in [0.05, 0.1) is 11.8 Å². The number of aromatic nitrogens is 2. The van der Waals surface area contributed by atoms with Gasteiger partial charge in [0.1, 0.15) is 0 Å². The molecular formula is C12H20N4. The highest BCUT2D eigenvalue weighted by molar-refractivity contribution is 5.16. The third-order valence-electron chi connectivity index (χ3n) is 2.53. The van der Waals surface area contributed by atoms with Crippen LogP contribution in [-0.2, 0) is 20.0 Å². The van der Waals surface area contributed by atoms with Gasteiger partial charge in [0, 0.05) is 31.8 Å². The molecule has 1 aromatic rings. The summed E-state index contributed by atoms with van der Waals surface area (Å²) in [6, 6.07) is 2.16. The number of hydrogen-bond acceptors (Lipinski definition) is 3. The van der Waals surface area contributed by atoms with E-state index in [-0.39, 0.29) is 0 Å². The highest BCUT2D eigenvalue weighted by Crippen LogP contribution is 2.06. The molecule has 4 nitrogen and oxygen atoms in total. The molecule has 1 rings (SSSR count). The summed E-state index contributed by atoms with van der Waals surface area (Å²) in [6.45, 7) is 3.97. The molecule has 0 aliphatic heterocycles. The van der Waals surface area contributed by atoms with Gasteiger partial charge in [-0.2, -0.15) is 10.4 Å². The van der Waals surface area contributed by atoms with Crippen molar-refractivity contribution in [1.29, 1.82) is 5.26 Å². The first-order valence-corrected chi connectivity index (χ1v) is 5.87. The standard InChI is InChI=1S/C12H20N4/c1-3-12-11(10-16(2)15-12)9-14-8-6-4-5-7-13/h10,14H,3-6,8-9H2,1-2H3. The average Bonchev–Trinajstić information content (AvgIpc) is 2.64. The summed E-state index contributed by atoms with van der Waals surface area (Å²) in [5, 5.41) is 16.2. The minimum absolute atomic E-state index is 0.661. The molecule has 1 heterocycles. The molecule has 0 fully saturated rings. The van der Waals surface area contributed by atoms with E-state index in [9.17, 15) is 0 Å². The molecule has 0 aliphatic rings. The maximum absolute atomic E-state index is 8.39. The lowest BCUT2D eigenvalue weighted by Crippen LogP contribution is -2.15. The molecule has 0 saturated heterocycles. The predicted molar refractivity (Wildman–Crippen MR) is 63.8 cm³/mol.